The molecule has 0 aliphatic carbocycles. The van der Waals surface area contributed by atoms with Gasteiger partial charge in [-0.3, -0.25) is 4.79 Å². The largest absolute Gasteiger partial charge is 0.479 e. The maximum Gasteiger partial charge on any atom is 0.334 e. The van der Waals surface area contributed by atoms with Gasteiger partial charge in [0.2, 0.25) is 0 Å². The molecule has 1 aromatic carbocycles. The number of morpholine rings is 1. The highest BCUT2D eigenvalue weighted by atomic mass is 32.2. The minimum atomic E-state index is -3.46. The number of ether oxygens (including phenoxy) is 1. The third-order valence-electron chi connectivity index (χ3n) is 3.92. The molecule has 1 saturated heterocycles. The van der Waals surface area contributed by atoms with Crippen LogP contribution in [0, 0.1) is 0 Å². The van der Waals surface area contributed by atoms with E-state index in [1.807, 2.05) is 6.92 Å². The number of rotatable bonds is 4. The average Bonchev–Trinajstić information content (AvgIpc) is 2.52. The Bertz CT molecular complexity index is 758. The zero-order chi connectivity index (χ0) is 18.1. The number of carbonyl (C=O) groups is 2. The lowest BCUT2D eigenvalue weighted by Gasteiger charge is -2.35. The van der Waals surface area contributed by atoms with Gasteiger partial charge in [0.05, 0.1) is 17.5 Å². The molecule has 0 saturated carbocycles. The highest BCUT2D eigenvalue weighted by molar-refractivity contribution is 7.90. The Morgan fingerprint density at radius 2 is 2.00 bits per heavy atom. The van der Waals surface area contributed by atoms with Crippen molar-refractivity contribution in [3.8, 4) is 0 Å². The number of carboxylic acids is 1. The molecule has 1 amide bonds. The van der Waals surface area contributed by atoms with E-state index in [2.05, 4.69) is 0 Å². The van der Waals surface area contributed by atoms with Crippen molar-refractivity contribution in [1.29, 1.82) is 0 Å². The van der Waals surface area contributed by atoms with Crippen LogP contribution in [0.15, 0.2) is 23.1 Å². The van der Waals surface area contributed by atoms with E-state index in [1.54, 1.807) is 19.1 Å². The van der Waals surface area contributed by atoms with Crippen molar-refractivity contribution in [2.45, 2.75) is 37.4 Å². The second-order valence-electron chi connectivity index (χ2n) is 5.93. The maximum atomic E-state index is 12.7. The summed E-state index contributed by atoms with van der Waals surface area (Å²) >= 11 is 0. The van der Waals surface area contributed by atoms with Crippen LogP contribution in [0.2, 0.25) is 0 Å². The van der Waals surface area contributed by atoms with Gasteiger partial charge in [0.15, 0.2) is 15.9 Å². The number of hydrogen-bond donors (Lipinski definition) is 1. The standard InChI is InChI=1S/C16H21NO6S/c1-4-11-5-6-12(7-14(11)24(3,21)22)15(18)17-8-10(2)23-13(9-17)16(19)20/h5-7,10,13H,4,8-9H2,1-3H3,(H,19,20)/t10-,13?/m1/s1. The average molecular weight is 355 g/mol. The predicted molar refractivity (Wildman–Crippen MR) is 86.8 cm³/mol. The lowest BCUT2D eigenvalue weighted by atomic mass is 10.1. The van der Waals surface area contributed by atoms with Gasteiger partial charge >= 0.3 is 5.97 Å². The summed E-state index contributed by atoms with van der Waals surface area (Å²) in [6.45, 7) is 3.72. The zero-order valence-electron chi connectivity index (χ0n) is 13.9. The molecule has 0 bridgehead atoms. The summed E-state index contributed by atoms with van der Waals surface area (Å²) in [5.41, 5.74) is 0.874. The van der Waals surface area contributed by atoms with Gasteiger partial charge in [-0.25, -0.2) is 13.2 Å². The second kappa shape index (κ2) is 6.90. The van der Waals surface area contributed by atoms with Crippen LogP contribution in [0.5, 0.6) is 0 Å². The Morgan fingerprint density at radius 3 is 2.54 bits per heavy atom. The molecule has 1 aromatic rings. The molecule has 132 valence electrons. The molecule has 1 N–H and O–H groups in total. The smallest absolute Gasteiger partial charge is 0.334 e. The molecule has 8 heteroatoms. The molecular weight excluding hydrogens is 334 g/mol. The summed E-state index contributed by atoms with van der Waals surface area (Å²) in [5.74, 6) is -1.53. The molecule has 24 heavy (non-hydrogen) atoms. The Kier molecular flexibility index (Phi) is 5.29. The fourth-order valence-electron chi connectivity index (χ4n) is 2.76. The van der Waals surface area contributed by atoms with Crippen molar-refractivity contribution in [2.24, 2.45) is 0 Å². The van der Waals surface area contributed by atoms with E-state index in [0.717, 1.165) is 6.26 Å². The van der Waals surface area contributed by atoms with Gasteiger partial charge in [0.1, 0.15) is 0 Å². The number of amides is 1. The van der Waals surface area contributed by atoms with Gasteiger partial charge in [-0.2, -0.15) is 0 Å². The van der Waals surface area contributed by atoms with Crippen molar-refractivity contribution in [3.63, 3.8) is 0 Å². The first kappa shape index (κ1) is 18.4. The molecule has 0 spiro atoms. The first-order chi connectivity index (χ1) is 11.1. The second-order valence-corrected chi connectivity index (χ2v) is 7.92. The summed E-state index contributed by atoms with van der Waals surface area (Å²) in [4.78, 5) is 25.3. The number of carboxylic acid groups (broad SMARTS) is 1. The number of sulfone groups is 1. The summed E-state index contributed by atoms with van der Waals surface area (Å²) < 4.78 is 29.2. The molecule has 0 aromatic heterocycles. The number of aryl methyl sites for hydroxylation is 1. The van der Waals surface area contributed by atoms with Crippen molar-refractivity contribution in [1.82, 2.24) is 4.90 Å². The van der Waals surface area contributed by atoms with Crippen LogP contribution in [0.1, 0.15) is 29.8 Å². The van der Waals surface area contributed by atoms with E-state index in [0.29, 0.717) is 12.0 Å². The number of carbonyl (C=O) groups excluding carboxylic acids is 1. The molecular formula is C16H21NO6S. The van der Waals surface area contributed by atoms with Gasteiger partial charge in [0, 0.05) is 18.4 Å². The molecule has 1 heterocycles. The minimum absolute atomic E-state index is 0.0672. The molecule has 1 aliphatic heterocycles. The Labute approximate surface area is 141 Å². The third kappa shape index (κ3) is 3.93. The fraction of sp³-hybridized carbons (Fsp3) is 0.500. The van der Waals surface area contributed by atoms with Gasteiger partial charge in [-0.1, -0.05) is 13.0 Å². The lowest BCUT2D eigenvalue weighted by molar-refractivity contribution is -0.160. The predicted octanol–water partition coefficient (Wildman–Crippen LogP) is 0.967. The van der Waals surface area contributed by atoms with Crippen LogP contribution in [0.3, 0.4) is 0 Å². The van der Waals surface area contributed by atoms with E-state index in [1.165, 1.54) is 11.0 Å². The Morgan fingerprint density at radius 1 is 1.33 bits per heavy atom. The SMILES string of the molecule is CCc1ccc(C(=O)N2CC(C(=O)O)O[C@H](C)C2)cc1S(C)(=O)=O. The van der Waals surface area contributed by atoms with Crippen molar-refractivity contribution < 1.29 is 27.9 Å². The topological polar surface area (TPSA) is 101 Å². The van der Waals surface area contributed by atoms with Crippen LogP contribution in [0.4, 0.5) is 0 Å². The Balaban J connectivity index is 2.34. The highest BCUT2D eigenvalue weighted by Gasteiger charge is 2.33. The quantitative estimate of drug-likeness (QED) is 0.863. The fourth-order valence-corrected chi connectivity index (χ4v) is 3.79. The van der Waals surface area contributed by atoms with Crippen LogP contribution < -0.4 is 0 Å². The highest BCUT2D eigenvalue weighted by Crippen LogP contribution is 2.21. The minimum Gasteiger partial charge on any atom is -0.479 e. The van der Waals surface area contributed by atoms with Gasteiger partial charge in [-0.05, 0) is 31.0 Å². The molecule has 0 radical (unpaired) electrons. The molecule has 1 unspecified atom stereocenters. The van der Waals surface area contributed by atoms with Crippen molar-refractivity contribution >= 4 is 21.7 Å². The van der Waals surface area contributed by atoms with Crippen LogP contribution >= 0.6 is 0 Å². The maximum absolute atomic E-state index is 12.7. The molecule has 2 atom stereocenters. The Hall–Kier alpha value is -1.93. The number of nitrogens with zero attached hydrogens (tertiary/aromatic N) is 1. The number of hydrogen-bond acceptors (Lipinski definition) is 5. The van der Waals surface area contributed by atoms with Crippen LogP contribution in [-0.2, 0) is 25.8 Å². The normalized spacial score (nSPS) is 21.5. The molecule has 2 rings (SSSR count). The van der Waals surface area contributed by atoms with E-state index in [4.69, 9.17) is 9.84 Å². The third-order valence-corrected chi connectivity index (χ3v) is 5.10. The van der Waals surface area contributed by atoms with E-state index < -0.39 is 33.9 Å². The van der Waals surface area contributed by atoms with Gasteiger partial charge in [0.25, 0.3) is 5.91 Å². The molecule has 1 aliphatic rings. The number of benzene rings is 1. The molecule has 1 fully saturated rings. The monoisotopic (exact) mass is 355 g/mol. The van der Waals surface area contributed by atoms with E-state index in [-0.39, 0.29) is 23.5 Å². The van der Waals surface area contributed by atoms with Crippen LogP contribution in [-0.4, -0.2) is 61.9 Å². The first-order valence-electron chi connectivity index (χ1n) is 7.64. The summed E-state index contributed by atoms with van der Waals surface area (Å²) in [5, 5.41) is 9.10. The summed E-state index contributed by atoms with van der Waals surface area (Å²) in [6, 6.07) is 4.57. The van der Waals surface area contributed by atoms with Crippen LogP contribution in [0.25, 0.3) is 0 Å². The van der Waals surface area contributed by atoms with Crippen molar-refractivity contribution in [2.75, 3.05) is 19.3 Å². The van der Waals surface area contributed by atoms with E-state index >= 15 is 0 Å². The first-order valence-corrected chi connectivity index (χ1v) is 9.53. The van der Waals surface area contributed by atoms with Crippen molar-refractivity contribution in [3.05, 3.63) is 29.3 Å². The molecule has 7 nitrogen and oxygen atoms in total. The van der Waals surface area contributed by atoms with Gasteiger partial charge < -0.3 is 14.7 Å². The lowest BCUT2D eigenvalue weighted by Crippen LogP contribution is -2.51. The van der Waals surface area contributed by atoms with E-state index in [9.17, 15) is 18.0 Å². The zero-order valence-corrected chi connectivity index (χ0v) is 14.7. The van der Waals surface area contributed by atoms with Gasteiger partial charge in [-0.15, -0.1) is 0 Å². The summed E-state index contributed by atoms with van der Waals surface area (Å²) in [6.07, 6.45) is 0.148. The number of aliphatic carboxylic acids is 1. The summed E-state index contributed by atoms with van der Waals surface area (Å²) in [7, 11) is -3.46.